The molecule has 0 saturated heterocycles. The van der Waals surface area contributed by atoms with Crippen molar-refractivity contribution in [3.63, 3.8) is 0 Å². The Morgan fingerprint density at radius 1 is 1.24 bits per heavy atom. The summed E-state index contributed by atoms with van der Waals surface area (Å²) in [7, 11) is -0.426. The number of methoxy groups -OCH3 is 1. The lowest BCUT2D eigenvalue weighted by Gasteiger charge is -2.42. The van der Waals surface area contributed by atoms with Crippen molar-refractivity contribution in [1.29, 1.82) is 0 Å². The molecule has 0 heterocycles. The van der Waals surface area contributed by atoms with Gasteiger partial charge in [-0.2, -0.15) is 0 Å². The molecule has 0 aliphatic heterocycles. The van der Waals surface area contributed by atoms with Crippen LogP contribution in [-0.4, -0.2) is 27.5 Å². The molecule has 0 N–H and O–H groups in total. The van der Waals surface area contributed by atoms with Crippen LogP contribution in [-0.2, 0) is 14.0 Å². The van der Waals surface area contributed by atoms with Gasteiger partial charge < -0.3 is 9.16 Å². The summed E-state index contributed by atoms with van der Waals surface area (Å²) < 4.78 is 11.3. The molecule has 0 aliphatic rings. The van der Waals surface area contributed by atoms with E-state index in [1.54, 1.807) is 0 Å². The van der Waals surface area contributed by atoms with Crippen LogP contribution >= 0.6 is 0 Å². The van der Waals surface area contributed by atoms with Crippen molar-refractivity contribution in [1.82, 2.24) is 0 Å². The Kier molecular flexibility index (Phi) is 7.90. The van der Waals surface area contributed by atoms with Gasteiger partial charge in [0.2, 0.25) is 0 Å². The molecule has 3 nitrogen and oxygen atoms in total. The van der Waals surface area contributed by atoms with Crippen LogP contribution in [0.25, 0.3) is 0 Å². The summed E-state index contributed by atoms with van der Waals surface area (Å²) in [5.74, 6) is 0.335. The summed E-state index contributed by atoms with van der Waals surface area (Å²) in [5, 5.41) is 0.185. The molecule has 0 radical (unpaired) electrons. The third kappa shape index (κ3) is 6.35. The summed E-state index contributed by atoms with van der Waals surface area (Å²) in [6.45, 7) is 17.8. The molecule has 0 saturated carbocycles. The van der Waals surface area contributed by atoms with Crippen molar-refractivity contribution in [2.45, 2.75) is 72.2 Å². The van der Waals surface area contributed by atoms with Crippen molar-refractivity contribution in [2.24, 2.45) is 11.8 Å². The normalized spacial score (nSPS) is 17.6. The average Bonchev–Trinajstić information content (AvgIpc) is 2.39. The van der Waals surface area contributed by atoms with Gasteiger partial charge in [0, 0.05) is 6.08 Å². The quantitative estimate of drug-likeness (QED) is 0.385. The largest absolute Gasteiger partial charge is 0.466 e. The lowest BCUT2D eigenvalue weighted by Crippen LogP contribution is -2.47. The maximum absolute atomic E-state index is 11.3. The maximum atomic E-state index is 11.3. The van der Waals surface area contributed by atoms with Crippen LogP contribution in [0.4, 0.5) is 0 Å². The number of hydrogen-bond acceptors (Lipinski definition) is 3. The fourth-order valence-electron chi connectivity index (χ4n) is 1.90. The van der Waals surface area contributed by atoms with Gasteiger partial charge in [-0.3, -0.25) is 0 Å². The molecule has 0 amide bonds. The zero-order valence-electron chi connectivity index (χ0n) is 15.3. The maximum Gasteiger partial charge on any atom is 0.330 e. The van der Waals surface area contributed by atoms with Gasteiger partial charge in [0.25, 0.3) is 0 Å². The minimum absolute atomic E-state index is 0.136. The lowest BCUT2D eigenvalue weighted by atomic mass is 9.91. The van der Waals surface area contributed by atoms with E-state index in [1.807, 2.05) is 6.08 Å². The fourth-order valence-corrected chi connectivity index (χ4v) is 3.38. The van der Waals surface area contributed by atoms with E-state index in [2.05, 4.69) is 59.4 Å². The first-order valence-electron chi connectivity index (χ1n) is 7.90. The third-order valence-electron chi connectivity index (χ3n) is 4.70. The highest BCUT2D eigenvalue weighted by atomic mass is 28.4. The second-order valence-electron chi connectivity index (χ2n) is 7.47. The molecule has 0 fully saturated rings. The molecule has 21 heavy (non-hydrogen) atoms. The molecule has 3 atom stereocenters. The Labute approximate surface area is 132 Å². The van der Waals surface area contributed by atoms with Crippen LogP contribution in [0.3, 0.4) is 0 Å². The molecule has 0 bridgehead atoms. The Balaban J connectivity index is 5.14. The lowest BCUT2D eigenvalue weighted by molar-refractivity contribution is -0.134. The minimum Gasteiger partial charge on any atom is -0.466 e. The Morgan fingerprint density at radius 3 is 2.14 bits per heavy atom. The molecule has 0 aromatic carbocycles. The van der Waals surface area contributed by atoms with Gasteiger partial charge in [-0.25, -0.2) is 4.79 Å². The van der Waals surface area contributed by atoms with Crippen LogP contribution in [0.2, 0.25) is 18.1 Å². The minimum atomic E-state index is -1.82. The smallest absolute Gasteiger partial charge is 0.330 e. The zero-order valence-corrected chi connectivity index (χ0v) is 16.3. The first-order valence-corrected chi connectivity index (χ1v) is 10.8. The summed E-state index contributed by atoms with van der Waals surface area (Å²) in [6, 6.07) is 0. The molecular weight excluding hydrogens is 280 g/mol. The molecule has 0 aromatic heterocycles. The van der Waals surface area contributed by atoms with E-state index in [4.69, 9.17) is 4.43 Å². The van der Waals surface area contributed by atoms with Crippen molar-refractivity contribution in [2.75, 3.05) is 7.11 Å². The topological polar surface area (TPSA) is 35.5 Å². The molecule has 0 spiro atoms. The van der Waals surface area contributed by atoms with Crippen LogP contribution in [0.15, 0.2) is 12.2 Å². The molecule has 4 heteroatoms. The van der Waals surface area contributed by atoms with Gasteiger partial charge in [-0.1, -0.05) is 54.0 Å². The average molecular weight is 315 g/mol. The van der Waals surface area contributed by atoms with E-state index >= 15 is 0 Å². The molecular formula is C17H34O3Si. The SMILES string of the molecule is CC[C@H](C)[C@@H](O[Si](C)(C)C(C)(C)C)[C@@H](C)/C=C/C(=O)OC. The number of esters is 1. The van der Waals surface area contributed by atoms with E-state index in [1.165, 1.54) is 13.2 Å². The fraction of sp³-hybridized carbons (Fsp3) is 0.824. The predicted molar refractivity (Wildman–Crippen MR) is 91.8 cm³/mol. The van der Waals surface area contributed by atoms with Crippen molar-refractivity contribution >= 4 is 14.3 Å². The monoisotopic (exact) mass is 314 g/mol. The molecule has 0 aromatic rings. The van der Waals surface area contributed by atoms with Gasteiger partial charge in [0.15, 0.2) is 8.32 Å². The second kappa shape index (κ2) is 8.13. The van der Waals surface area contributed by atoms with Crippen LogP contribution in [0, 0.1) is 11.8 Å². The van der Waals surface area contributed by atoms with E-state index < -0.39 is 8.32 Å². The summed E-state index contributed by atoms with van der Waals surface area (Å²) in [6.07, 6.45) is 4.62. The van der Waals surface area contributed by atoms with Crippen molar-refractivity contribution < 1.29 is 14.0 Å². The number of ether oxygens (including phenoxy) is 1. The van der Waals surface area contributed by atoms with Gasteiger partial charge in [-0.15, -0.1) is 0 Å². The summed E-state index contributed by atoms with van der Waals surface area (Å²) >= 11 is 0. The van der Waals surface area contributed by atoms with Crippen molar-refractivity contribution in [3.05, 3.63) is 12.2 Å². The third-order valence-corrected chi connectivity index (χ3v) is 9.17. The van der Waals surface area contributed by atoms with E-state index in [9.17, 15) is 4.79 Å². The van der Waals surface area contributed by atoms with E-state index in [0.29, 0.717) is 5.92 Å². The van der Waals surface area contributed by atoms with Crippen molar-refractivity contribution in [3.8, 4) is 0 Å². The standard InChI is InChI=1S/C17H34O3Si/c1-10-13(2)16(14(3)11-12-15(18)19-7)20-21(8,9)17(4,5)6/h11-14,16H,10H2,1-9H3/b12-11+/t13-,14-,16+/m0/s1. The highest BCUT2D eigenvalue weighted by Gasteiger charge is 2.40. The second-order valence-corrected chi connectivity index (χ2v) is 12.2. The molecule has 124 valence electrons. The van der Waals surface area contributed by atoms with Crippen LogP contribution < -0.4 is 0 Å². The van der Waals surface area contributed by atoms with Gasteiger partial charge in [0.05, 0.1) is 13.2 Å². The first-order chi connectivity index (χ1) is 9.46. The highest BCUT2D eigenvalue weighted by Crippen LogP contribution is 2.39. The molecule has 0 aliphatic carbocycles. The highest BCUT2D eigenvalue weighted by molar-refractivity contribution is 6.74. The Bertz CT molecular complexity index is 356. The Morgan fingerprint density at radius 2 is 1.76 bits per heavy atom. The van der Waals surface area contributed by atoms with E-state index in [0.717, 1.165) is 6.42 Å². The number of rotatable bonds is 7. The summed E-state index contributed by atoms with van der Waals surface area (Å²) in [4.78, 5) is 11.3. The predicted octanol–water partition coefficient (Wildman–Crippen LogP) is 4.79. The van der Waals surface area contributed by atoms with Gasteiger partial charge >= 0.3 is 5.97 Å². The van der Waals surface area contributed by atoms with Gasteiger partial charge in [0.1, 0.15) is 0 Å². The number of hydrogen-bond donors (Lipinski definition) is 0. The number of carbonyl (C=O) groups is 1. The Hall–Kier alpha value is -0.613. The molecule has 0 rings (SSSR count). The molecule has 0 unspecified atom stereocenters. The first kappa shape index (κ1) is 20.4. The van der Waals surface area contributed by atoms with Gasteiger partial charge in [-0.05, 0) is 30.0 Å². The number of carbonyl (C=O) groups excluding carboxylic acids is 1. The van der Waals surface area contributed by atoms with Crippen LogP contribution in [0.5, 0.6) is 0 Å². The summed E-state index contributed by atoms with van der Waals surface area (Å²) in [5.41, 5.74) is 0. The van der Waals surface area contributed by atoms with Crippen LogP contribution in [0.1, 0.15) is 48.0 Å². The van der Waals surface area contributed by atoms with E-state index in [-0.39, 0.29) is 23.0 Å². The zero-order chi connectivity index (χ0) is 16.8.